The lowest BCUT2D eigenvalue weighted by Gasteiger charge is -2.13. The maximum atomic E-state index is 12.5. The number of carbonyl (C=O) groups excluding carboxylic acids is 3. The molecule has 6 heteroatoms. The van der Waals surface area contributed by atoms with Gasteiger partial charge in [0.25, 0.3) is 5.91 Å². The fourth-order valence-corrected chi connectivity index (χ4v) is 2.90. The predicted molar refractivity (Wildman–Crippen MR) is 104 cm³/mol. The van der Waals surface area contributed by atoms with Gasteiger partial charge in [0.1, 0.15) is 12.2 Å². The maximum absolute atomic E-state index is 12.5. The molecule has 1 saturated heterocycles. The van der Waals surface area contributed by atoms with Crippen LogP contribution < -0.4 is 10.6 Å². The second-order valence-electron chi connectivity index (χ2n) is 6.29. The Kier molecular flexibility index (Phi) is 5.35. The Hall–Kier alpha value is -3.41. The number of para-hydroxylation sites is 1. The van der Waals surface area contributed by atoms with Crippen LogP contribution in [0, 0.1) is 6.92 Å². The van der Waals surface area contributed by atoms with E-state index in [0.29, 0.717) is 5.69 Å². The lowest BCUT2D eigenvalue weighted by atomic mass is 10.1. The summed E-state index contributed by atoms with van der Waals surface area (Å²) in [6, 6.07) is 14.4. The van der Waals surface area contributed by atoms with Crippen molar-refractivity contribution in [1.82, 2.24) is 10.2 Å². The highest BCUT2D eigenvalue weighted by Crippen LogP contribution is 2.18. The van der Waals surface area contributed by atoms with Gasteiger partial charge in [-0.2, -0.15) is 0 Å². The summed E-state index contributed by atoms with van der Waals surface area (Å²) in [6.45, 7) is 3.57. The molecule has 0 aliphatic carbocycles. The monoisotopic (exact) mass is 363 g/mol. The molecule has 1 aliphatic rings. The molecule has 0 atom stereocenters. The van der Waals surface area contributed by atoms with Crippen LogP contribution in [0.1, 0.15) is 23.6 Å². The first-order chi connectivity index (χ1) is 13.0. The molecule has 6 nitrogen and oxygen atoms in total. The number of hydrogen-bond acceptors (Lipinski definition) is 3. The van der Waals surface area contributed by atoms with E-state index >= 15 is 0 Å². The summed E-state index contributed by atoms with van der Waals surface area (Å²) in [4.78, 5) is 37.9. The topological polar surface area (TPSA) is 78.5 Å². The van der Waals surface area contributed by atoms with Crippen LogP contribution >= 0.6 is 0 Å². The summed E-state index contributed by atoms with van der Waals surface area (Å²) in [5, 5.41) is 5.31. The zero-order chi connectivity index (χ0) is 19.4. The Morgan fingerprint density at radius 1 is 1.11 bits per heavy atom. The number of urea groups is 1. The molecule has 0 saturated carbocycles. The van der Waals surface area contributed by atoms with Crippen molar-refractivity contribution >= 4 is 29.6 Å². The SMILES string of the molecule is CCc1ccccc1NC(=O)CN1C(=O)N/C(=C/c2ccccc2C)C1=O. The van der Waals surface area contributed by atoms with Gasteiger partial charge in [0.15, 0.2) is 0 Å². The van der Waals surface area contributed by atoms with Crippen LogP contribution in [0.4, 0.5) is 10.5 Å². The van der Waals surface area contributed by atoms with E-state index in [-0.39, 0.29) is 12.2 Å². The third-order valence-electron chi connectivity index (χ3n) is 4.42. The molecule has 0 radical (unpaired) electrons. The van der Waals surface area contributed by atoms with Crippen molar-refractivity contribution in [2.24, 2.45) is 0 Å². The van der Waals surface area contributed by atoms with Crippen LogP contribution in [0.2, 0.25) is 0 Å². The average molecular weight is 363 g/mol. The van der Waals surface area contributed by atoms with Gasteiger partial charge in [0.05, 0.1) is 0 Å². The molecule has 2 N–H and O–H groups in total. The second kappa shape index (κ2) is 7.86. The molecule has 1 aliphatic heterocycles. The normalized spacial score (nSPS) is 15.2. The number of nitrogens with one attached hydrogen (secondary N) is 2. The molecule has 0 unspecified atom stereocenters. The van der Waals surface area contributed by atoms with Gasteiger partial charge in [-0.1, -0.05) is 49.4 Å². The van der Waals surface area contributed by atoms with Crippen LogP contribution in [-0.2, 0) is 16.0 Å². The number of rotatable bonds is 5. The summed E-state index contributed by atoms with van der Waals surface area (Å²) in [5.74, 6) is -0.932. The molecule has 138 valence electrons. The Labute approximate surface area is 157 Å². The predicted octanol–water partition coefficient (Wildman–Crippen LogP) is 3.09. The Bertz CT molecular complexity index is 934. The highest BCUT2D eigenvalue weighted by atomic mass is 16.2. The largest absolute Gasteiger partial charge is 0.329 e. The smallest absolute Gasteiger partial charge is 0.324 e. The van der Waals surface area contributed by atoms with Crippen molar-refractivity contribution in [1.29, 1.82) is 0 Å². The van der Waals surface area contributed by atoms with Crippen molar-refractivity contribution in [2.45, 2.75) is 20.3 Å². The lowest BCUT2D eigenvalue weighted by molar-refractivity contribution is -0.127. The Morgan fingerprint density at radius 3 is 2.56 bits per heavy atom. The molecule has 1 fully saturated rings. The minimum atomic E-state index is -0.598. The van der Waals surface area contributed by atoms with E-state index in [1.807, 2.05) is 56.3 Å². The number of nitrogens with zero attached hydrogens (tertiary/aromatic N) is 1. The number of amides is 4. The van der Waals surface area contributed by atoms with Crippen molar-refractivity contribution in [3.05, 3.63) is 70.9 Å². The quantitative estimate of drug-likeness (QED) is 0.633. The van der Waals surface area contributed by atoms with Gasteiger partial charge in [-0.05, 0) is 42.2 Å². The van der Waals surface area contributed by atoms with Gasteiger partial charge >= 0.3 is 6.03 Å². The third-order valence-corrected chi connectivity index (χ3v) is 4.42. The molecule has 3 rings (SSSR count). The van der Waals surface area contributed by atoms with Crippen LogP contribution in [0.15, 0.2) is 54.2 Å². The number of imide groups is 1. The van der Waals surface area contributed by atoms with E-state index in [0.717, 1.165) is 28.0 Å². The first kappa shape index (κ1) is 18.4. The Morgan fingerprint density at radius 2 is 1.81 bits per heavy atom. The fraction of sp³-hybridized carbons (Fsp3) is 0.190. The molecule has 0 bridgehead atoms. The molecule has 0 spiro atoms. The first-order valence-corrected chi connectivity index (χ1v) is 8.77. The summed E-state index contributed by atoms with van der Waals surface area (Å²) in [6.07, 6.45) is 2.39. The number of carbonyl (C=O) groups is 3. The van der Waals surface area contributed by atoms with Gasteiger partial charge in [0.2, 0.25) is 5.91 Å². The third kappa shape index (κ3) is 4.06. The van der Waals surface area contributed by atoms with E-state index in [9.17, 15) is 14.4 Å². The average Bonchev–Trinajstić information content (AvgIpc) is 2.91. The second-order valence-corrected chi connectivity index (χ2v) is 6.29. The van der Waals surface area contributed by atoms with Crippen molar-refractivity contribution in [2.75, 3.05) is 11.9 Å². The molecule has 0 aromatic heterocycles. The number of benzene rings is 2. The van der Waals surface area contributed by atoms with E-state index in [4.69, 9.17) is 0 Å². The van der Waals surface area contributed by atoms with Crippen LogP contribution in [0.5, 0.6) is 0 Å². The molecular weight excluding hydrogens is 342 g/mol. The minimum absolute atomic E-state index is 0.163. The highest BCUT2D eigenvalue weighted by Gasteiger charge is 2.35. The fourth-order valence-electron chi connectivity index (χ4n) is 2.90. The summed E-state index contributed by atoms with van der Waals surface area (Å²) >= 11 is 0. The van der Waals surface area contributed by atoms with E-state index in [2.05, 4.69) is 10.6 Å². The van der Waals surface area contributed by atoms with E-state index < -0.39 is 17.8 Å². The van der Waals surface area contributed by atoms with Crippen molar-refractivity contribution in [3.8, 4) is 0 Å². The molecule has 2 aromatic carbocycles. The van der Waals surface area contributed by atoms with Crippen LogP contribution in [-0.4, -0.2) is 29.3 Å². The molecule has 27 heavy (non-hydrogen) atoms. The molecule has 1 heterocycles. The van der Waals surface area contributed by atoms with Crippen molar-refractivity contribution in [3.63, 3.8) is 0 Å². The number of aryl methyl sites for hydroxylation is 2. The number of hydrogen-bond donors (Lipinski definition) is 2. The summed E-state index contributed by atoms with van der Waals surface area (Å²) in [7, 11) is 0. The zero-order valence-electron chi connectivity index (χ0n) is 15.3. The van der Waals surface area contributed by atoms with E-state index in [1.165, 1.54) is 0 Å². The number of anilines is 1. The lowest BCUT2D eigenvalue weighted by Crippen LogP contribution is -2.38. The van der Waals surface area contributed by atoms with E-state index in [1.54, 1.807) is 12.1 Å². The zero-order valence-corrected chi connectivity index (χ0v) is 15.3. The maximum Gasteiger partial charge on any atom is 0.329 e. The summed E-state index contributed by atoms with van der Waals surface area (Å²) in [5.41, 5.74) is 3.66. The van der Waals surface area contributed by atoms with Crippen LogP contribution in [0.3, 0.4) is 0 Å². The van der Waals surface area contributed by atoms with Gasteiger partial charge in [-0.15, -0.1) is 0 Å². The molecule has 2 aromatic rings. The van der Waals surface area contributed by atoms with Gasteiger partial charge < -0.3 is 10.6 Å². The summed E-state index contributed by atoms with van der Waals surface area (Å²) < 4.78 is 0. The van der Waals surface area contributed by atoms with Crippen LogP contribution in [0.25, 0.3) is 6.08 Å². The van der Waals surface area contributed by atoms with Gasteiger partial charge in [-0.25, -0.2) is 9.69 Å². The van der Waals surface area contributed by atoms with Gasteiger partial charge in [0, 0.05) is 5.69 Å². The standard InChI is InChI=1S/C21H21N3O3/c1-3-15-9-6-7-11-17(15)22-19(25)13-24-20(26)18(23-21(24)27)12-16-10-5-4-8-14(16)2/h4-12H,3,13H2,1-2H3,(H,22,25)(H,23,27)/b18-12+. The van der Waals surface area contributed by atoms with Gasteiger partial charge in [-0.3, -0.25) is 9.59 Å². The first-order valence-electron chi connectivity index (χ1n) is 8.77. The minimum Gasteiger partial charge on any atom is -0.324 e. The Balaban J connectivity index is 1.72. The highest BCUT2D eigenvalue weighted by molar-refractivity contribution is 6.16. The van der Waals surface area contributed by atoms with Crippen molar-refractivity contribution < 1.29 is 14.4 Å². The molecular formula is C21H21N3O3. The molecule has 4 amide bonds.